The van der Waals surface area contributed by atoms with Gasteiger partial charge in [0.2, 0.25) is 11.9 Å². The maximum atomic E-state index is 13.4. The van der Waals surface area contributed by atoms with E-state index in [1.165, 1.54) is 11.2 Å². The number of anilines is 2. The number of nitrogens with one attached hydrogen (secondary N) is 2. The van der Waals surface area contributed by atoms with Crippen LogP contribution in [0.4, 0.5) is 11.6 Å². The molecule has 3 aromatic rings. The van der Waals surface area contributed by atoms with Gasteiger partial charge in [0, 0.05) is 10.9 Å². The van der Waals surface area contributed by atoms with Gasteiger partial charge in [0.1, 0.15) is 12.1 Å². The van der Waals surface area contributed by atoms with E-state index in [0.717, 1.165) is 5.56 Å². The van der Waals surface area contributed by atoms with Gasteiger partial charge in [-0.05, 0) is 43.0 Å². The predicted octanol–water partition coefficient (Wildman–Crippen LogP) is 3.67. The Hall–Kier alpha value is -3.00. The van der Waals surface area contributed by atoms with E-state index in [1.807, 2.05) is 37.4 Å². The summed E-state index contributed by atoms with van der Waals surface area (Å²) in [5, 5.41) is 10.7. The molecule has 1 aromatic heterocycles. The van der Waals surface area contributed by atoms with Crippen LogP contribution in [0.25, 0.3) is 0 Å². The molecule has 2 aromatic carbocycles. The first-order valence-corrected chi connectivity index (χ1v) is 10.6. The van der Waals surface area contributed by atoms with Gasteiger partial charge in [-0.2, -0.15) is 10.1 Å². The summed E-state index contributed by atoms with van der Waals surface area (Å²) < 4.78 is 7.17. The third-order valence-corrected chi connectivity index (χ3v) is 5.94. The zero-order chi connectivity index (χ0) is 20.4. The summed E-state index contributed by atoms with van der Waals surface area (Å²) in [6.07, 6.45) is 3.56. The quantitative estimate of drug-likeness (QED) is 0.626. The van der Waals surface area contributed by atoms with Crippen molar-refractivity contribution in [3.05, 3.63) is 60.4 Å². The van der Waals surface area contributed by atoms with Crippen LogP contribution in [0.3, 0.4) is 0 Å². The van der Waals surface area contributed by atoms with Crippen LogP contribution in [-0.4, -0.2) is 40.1 Å². The maximum absolute atomic E-state index is 13.4. The second-order valence-corrected chi connectivity index (χ2v) is 7.77. The van der Waals surface area contributed by atoms with Crippen molar-refractivity contribution in [3.63, 3.8) is 0 Å². The van der Waals surface area contributed by atoms with E-state index < -0.39 is 5.92 Å². The molecule has 3 unspecified atom stereocenters. The number of hydrogen-bond donors (Lipinski definition) is 2. The highest BCUT2D eigenvalue weighted by Crippen LogP contribution is 2.37. The van der Waals surface area contributed by atoms with Crippen LogP contribution in [0.1, 0.15) is 18.5 Å². The SMILES string of the molecule is COc1ccccc1NC(=O)C1C(C)Nc2ncnn2C1c1ccc(SC)cc1. The monoisotopic (exact) mass is 409 g/mol. The molecule has 0 spiro atoms. The van der Waals surface area contributed by atoms with Crippen molar-refractivity contribution >= 4 is 29.3 Å². The number of carbonyl (C=O) groups is 1. The molecule has 2 heterocycles. The molecular weight excluding hydrogens is 386 g/mol. The van der Waals surface area contributed by atoms with Crippen molar-refractivity contribution in [1.29, 1.82) is 0 Å². The molecule has 7 nitrogen and oxygen atoms in total. The molecule has 0 saturated heterocycles. The highest BCUT2D eigenvalue weighted by molar-refractivity contribution is 7.98. The first-order valence-electron chi connectivity index (χ1n) is 9.36. The number of thioether (sulfide) groups is 1. The van der Waals surface area contributed by atoms with E-state index in [4.69, 9.17) is 4.74 Å². The Bertz CT molecular complexity index is 1000. The van der Waals surface area contributed by atoms with Crippen molar-refractivity contribution < 1.29 is 9.53 Å². The van der Waals surface area contributed by atoms with Crippen molar-refractivity contribution in [2.45, 2.75) is 23.9 Å². The number of benzene rings is 2. The second-order valence-electron chi connectivity index (χ2n) is 6.89. The molecule has 0 bridgehead atoms. The van der Waals surface area contributed by atoms with Crippen LogP contribution in [0.5, 0.6) is 5.75 Å². The van der Waals surface area contributed by atoms with Gasteiger partial charge >= 0.3 is 0 Å². The zero-order valence-electron chi connectivity index (χ0n) is 16.5. The molecule has 4 rings (SSSR count). The Kier molecular flexibility index (Phi) is 5.44. The van der Waals surface area contributed by atoms with Crippen molar-refractivity contribution in [2.24, 2.45) is 5.92 Å². The first kappa shape index (κ1) is 19.3. The average Bonchev–Trinajstić information content (AvgIpc) is 3.21. The Morgan fingerprint density at radius 3 is 2.69 bits per heavy atom. The highest BCUT2D eigenvalue weighted by atomic mass is 32.2. The number of fused-ring (bicyclic) bond motifs is 1. The lowest BCUT2D eigenvalue weighted by atomic mass is 9.85. The van der Waals surface area contributed by atoms with Crippen LogP contribution >= 0.6 is 11.8 Å². The van der Waals surface area contributed by atoms with Gasteiger partial charge in [-0.1, -0.05) is 24.3 Å². The lowest BCUT2D eigenvalue weighted by Crippen LogP contribution is -2.46. The largest absolute Gasteiger partial charge is 0.495 e. The average molecular weight is 410 g/mol. The Balaban J connectivity index is 1.71. The van der Waals surface area contributed by atoms with Gasteiger partial charge in [0.15, 0.2) is 0 Å². The summed E-state index contributed by atoms with van der Waals surface area (Å²) in [4.78, 5) is 18.9. The third-order valence-electron chi connectivity index (χ3n) is 5.20. The lowest BCUT2D eigenvalue weighted by Gasteiger charge is -2.37. The summed E-state index contributed by atoms with van der Waals surface area (Å²) in [6, 6.07) is 15.3. The van der Waals surface area contributed by atoms with Gasteiger partial charge in [0.05, 0.1) is 24.8 Å². The predicted molar refractivity (Wildman–Crippen MR) is 115 cm³/mol. The minimum atomic E-state index is -0.394. The summed E-state index contributed by atoms with van der Waals surface area (Å²) in [5.41, 5.74) is 1.66. The molecule has 8 heteroatoms. The molecule has 0 aliphatic carbocycles. The van der Waals surface area contributed by atoms with Crippen LogP contribution in [-0.2, 0) is 4.79 Å². The molecule has 150 valence electrons. The van der Waals surface area contributed by atoms with E-state index in [0.29, 0.717) is 17.4 Å². The van der Waals surface area contributed by atoms with Crippen molar-refractivity contribution in [2.75, 3.05) is 24.0 Å². The smallest absolute Gasteiger partial charge is 0.232 e. The number of aromatic nitrogens is 3. The van der Waals surface area contributed by atoms with Gasteiger partial charge in [-0.25, -0.2) is 4.68 Å². The Morgan fingerprint density at radius 2 is 1.97 bits per heavy atom. The number of rotatable bonds is 5. The zero-order valence-corrected chi connectivity index (χ0v) is 17.3. The first-order chi connectivity index (χ1) is 14.1. The number of para-hydroxylation sites is 2. The molecule has 1 aliphatic heterocycles. The van der Waals surface area contributed by atoms with Crippen LogP contribution in [0.2, 0.25) is 0 Å². The molecule has 29 heavy (non-hydrogen) atoms. The lowest BCUT2D eigenvalue weighted by molar-refractivity contribution is -0.121. The normalized spacial score (nSPS) is 20.4. The number of methoxy groups -OCH3 is 1. The molecule has 1 amide bonds. The van der Waals surface area contributed by atoms with Crippen molar-refractivity contribution in [3.8, 4) is 5.75 Å². The summed E-state index contributed by atoms with van der Waals surface area (Å²) in [7, 11) is 1.59. The van der Waals surface area contributed by atoms with Gasteiger partial charge in [0.25, 0.3) is 0 Å². The van der Waals surface area contributed by atoms with Crippen LogP contribution < -0.4 is 15.4 Å². The number of ether oxygens (including phenoxy) is 1. The molecule has 0 fully saturated rings. The molecule has 2 N–H and O–H groups in total. The van der Waals surface area contributed by atoms with Gasteiger partial charge in [-0.3, -0.25) is 4.79 Å². The molecule has 0 radical (unpaired) electrons. The number of hydrogen-bond acceptors (Lipinski definition) is 6. The fourth-order valence-electron chi connectivity index (χ4n) is 3.76. The molecular formula is C21H23N5O2S. The topological polar surface area (TPSA) is 81.1 Å². The Labute approximate surface area is 173 Å². The van der Waals surface area contributed by atoms with Crippen LogP contribution in [0, 0.1) is 5.92 Å². The van der Waals surface area contributed by atoms with Gasteiger partial charge < -0.3 is 15.4 Å². The summed E-state index contributed by atoms with van der Waals surface area (Å²) >= 11 is 1.68. The Morgan fingerprint density at radius 1 is 1.21 bits per heavy atom. The standard InChI is InChI=1S/C21H23N5O2S/c1-13-18(20(27)25-16-6-4-5-7-17(16)28-2)19(26-21(24-13)22-12-23-26)14-8-10-15(29-3)11-9-14/h4-13,18-19H,1-3H3,(H,25,27)(H,22,23,24). The fourth-order valence-corrected chi connectivity index (χ4v) is 4.17. The molecule has 1 aliphatic rings. The van der Waals surface area contributed by atoms with E-state index in [1.54, 1.807) is 23.6 Å². The maximum Gasteiger partial charge on any atom is 0.232 e. The molecule has 0 saturated carbocycles. The van der Waals surface area contributed by atoms with E-state index in [2.05, 4.69) is 45.0 Å². The van der Waals surface area contributed by atoms with Crippen molar-refractivity contribution in [1.82, 2.24) is 14.8 Å². The fraction of sp³-hybridized carbons (Fsp3) is 0.286. The van der Waals surface area contributed by atoms with Crippen LogP contribution in [0.15, 0.2) is 59.8 Å². The number of carbonyl (C=O) groups excluding carboxylic acids is 1. The minimum absolute atomic E-state index is 0.102. The highest BCUT2D eigenvalue weighted by Gasteiger charge is 2.41. The van der Waals surface area contributed by atoms with E-state index in [-0.39, 0.29) is 18.0 Å². The number of nitrogens with zero attached hydrogens (tertiary/aromatic N) is 3. The second kappa shape index (κ2) is 8.16. The van der Waals surface area contributed by atoms with E-state index in [9.17, 15) is 4.79 Å². The van der Waals surface area contributed by atoms with Gasteiger partial charge in [-0.15, -0.1) is 11.8 Å². The molecule has 3 atom stereocenters. The summed E-state index contributed by atoms with van der Waals surface area (Å²) in [5.74, 6) is 0.793. The van der Waals surface area contributed by atoms with E-state index >= 15 is 0 Å². The number of amides is 1. The minimum Gasteiger partial charge on any atom is -0.495 e. The third kappa shape index (κ3) is 3.67. The summed E-state index contributed by atoms with van der Waals surface area (Å²) in [6.45, 7) is 1.99.